The quantitative estimate of drug-likeness (QED) is 0.538. The van der Waals surface area contributed by atoms with Crippen molar-refractivity contribution in [2.45, 2.75) is 12.0 Å². The summed E-state index contributed by atoms with van der Waals surface area (Å²) in [7, 11) is 0. The van der Waals surface area contributed by atoms with E-state index in [1.165, 1.54) is 4.90 Å². The van der Waals surface area contributed by atoms with Crippen molar-refractivity contribution in [1.82, 2.24) is 15.2 Å². The number of amides is 2. The predicted molar refractivity (Wildman–Crippen MR) is 116 cm³/mol. The third-order valence-corrected chi connectivity index (χ3v) is 5.83. The van der Waals surface area contributed by atoms with Gasteiger partial charge in [0.25, 0.3) is 5.91 Å². The van der Waals surface area contributed by atoms with Crippen LogP contribution in [0.1, 0.15) is 27.5 Å². The number of fused-ring (bicyclic) bond motifs is 3. The van der Waals surface area contributed by atoms with Crippen LogP contribution in [0.25, 0.3) is 11.1 Å². The Bertz CT molecular complexity index is 1210. The van der Waals surface area contributed by atoms with Crippen LogP contribution in [0.3, 0.4) is 0 Å². The number of aliphatic carboxylic acids is 1. The van der Waals surface area contributed by atoms with Crippen molar-refractivity contribution in [3.8, 4) is 11.1 Å². The number of hydrogen-bond donors (Lipinski definition) is 2. The lowest BCUT2D eigenvalue weighted by Gasteiger charge is -2.37. The van der Waals surface area contributed by atoms with Gasteiger partial charge in [0.1, 0.15) is 13.2 Å². The first-order valence-electron chi connectivity index (χ1n) is 10.6. The molecule has 11 nitrogen and oxygen atoms in total. The van der Waals surface area contributed by atoms with Crippen LogP contribution in [0.2, 0.25) is 0 Å². The van der Waals surface area contributed by atoms with Crippen LogP contribution >= 0.6 is 0 Å². The highest BCUT2D eigenvalue weighted by Crippen LogP contribution is 2.44. The fourth-order valence-corrected chi connectivity index (χ4v) is 4.19. The number of carbonyl (C=O) groups is 3. The number of benzene rings is 2. The molecule has 0 saturated carbocycles. The lowest BCUT2D eigenvalue weighted by atomic mass is 9.98. The summed E-state index contributed by atoms with van der Waals surface area (Å²) >= 11 is 0. The molecule has 2 aromatic carbocycles. The van der Waals surface area contributed by atoms with E-state index in [1.54, 1.807) is 0 Å². The number of carboxylic acid groups (broad SMARTS) is 1. The van der Waals surface area contributed by atoms with Crippen LogP contribution in [0.4, 0.5) is 10.6 Å². The molecule has 1 aliphatic heterocycles. The average Bonchev–Trinajstić information content (AvgIpc) is 3.39. The second-order valence-corrected chi connectivity index (χ2v) is 7.95. The normalized spacial score (nSPS) is 14.8. The monoisotopic (exact) mass is 464 g/mol. The van der Waals surface area contributed by atoms with Gasteiger partial charge in [0, 0.05) is 19.0 Å². The Morgan fingerprint density at radius 3 is 2.32 bits per heavy atom. The number of aromatic nitrogens is 2. The number of rotatable bonds is 7. The summed E-state index contributed by atoms with van der Waals surface area (Å²) in [6.45, 7) is 0.0582. The minimum atomic E-state index is -1.08. The minimum Gasteiger partial charge on any atom is -0.480 e. The third-order valence-electron chi connectivity index (χ3n) is 5.83. The Hall–Kier alpha value is -4.25. The molecule has 2 amide bonds. The van der Waals surface area contributed by atoms with E-state index >= 15 is 0 Å². The lowest BCUT2D eigenvalue weighted by Crippen LogP contribution is -2.55. The molecule has 2 N–H and O–H groups in total. The molecule has 174 valence electrons. The average molecular weight is 464 g/mol. The zero-order valence-electron chi connectivity index (χ0n) is 17.8. The number of anilines is 1. The van der Waals surface area contributed by atoms with E-state index in [0.29, 0.717) is 0 Å². The number of carboxylic acids is 1. The van der Waals surface area contributed by atoms with Crippen LogP contribution in [0, 0.1) is 0 Å². The van der Waals surface area contributed by atoms with Crippen LogP contribution in [-0.4, -0.2) is 70.7 Å². The highest BCUT2D eigenvalue weighted by atomic mass is 16.6. The van der Waals surface area contributed by atoms with Gasteiger partial charge >= 0.3 is 12.1 Å². The largest absolute Gasteiger partial charge is 0.480 e. The molecular formula is C23H20N4O7. The first kappa shape index (κ1) is 21.6. The van der Waals surface area contributed by atoms with Crippen molar-refractivity contribution in [2.24, 2.45) is 0 Å². The second-order valence-electron chi connectivity index (χ2n) is 7.95. The molecule has 11 heteroatoms. The molecular weight excluding hydrogens is 444 g/mol. The van der Waals surface area contributed by atoms with E-state index in [1.807, 2.05) is 48.5 Å². The molecule has 0 bridgehead atoms. The Morgan fingerprint density at radius 2 is 1.68 bits per heavy atom. The van der Waals surface area contributed by atoms with Gasteiger partial charge in [-0.2, -0.15) is 0 Å². The first-order valence-corrected chi connectivity index (χ1v) is 10.6. The summed E-state index contributed by atoms with van der Waals surface area (Å²) in [5.41, 5.74) is 4.20. The standard InChI is InChI=1S/C23H20N4O7/c28-19(29)12-32-13-9-27(10-13)22(30)20-21(26-34-25-20)24-23(31)33-11-18-16-7-3-1-5-14(16)15-6-2-4-8-17(15)18/h1-8,13,18H,9-12H2,(H,28,29)(H,24,26,31). The third kappa shape index (κ3) is 4.08. The van der Waals surface area contributed by atoms with E-state index in [4.69, 9.17) is 14.6 Å². The number of likely N-dealkylation sites (tertiary alicyclic amines) is 1. The number of hydrogen-bond acceptors (Lipinski definition) is 8. The van der Waals surface area contributed by atoms with Gasteiger partial charge in [-0.3, -0.25) is 10.1 Å². The van der Waals surface area contributed by atoms with Gasteiger partial charge in [-0.15, -0.1) is 0 Å². The zero-order chi connectivity index (χ0) is 23.7. The van der Waals surface area contributed by atoms with Crippen LogP contribution in [0.15, 0.2) is 53.2 Å². The molecule has 2 heterocycles. The molecule has 0 radical (unpaired) electrons. The topological polar surface area (TPSA) is 144 Å². The lowest BCUT2D eigenvalue weighted by molar-refractivity contribution is -0.147. The fraction of sp³-hybridized carbons (Fsp3) is 0.261. The summed E-state index contributed by atoms with van der Waals surface area (Å²) in [6, 6.07) is 16.0. The van der Waals surface area contributed by atoms with Gasteiger partial charge in [0.2, 0.25) is 11.5 Å². The highest BCUT2D eigenvalue weighted by Gasteiger charge is 2.36. The molecule has 0 unspecified atom stereocenters. The van der Waals surface area contributed by atoms with E-state index in [2.05, 4.69) is 20.3 Å². The molecule has 1 aliphatic carbocycles. The van der Waals surface area contributed by atoms with Crippen molar-refractivity contribution in [3.05, 3.63) is 65.4 Å². The predicted octanol–water partition coefficient (Wildman–Crippen LogP) is 2.36. The van der Waals surface area contributed by atoms with Gasteiger partial charge in [0.15, 0.2) is 0 Å². The highest BCUT2D eigenvalue weighted by molar-refractivity contribution is 6.00. The van der Waals surface area contributed by atoms with E-state index in [0.717, 1.165) is 22.3 Å². The number of ether oxygens (including phenoxy) is 2. The molecule has 2 aliphatic rings. The summed E-state index contributed by atoms with van der Waals surface area (Å²) in [4.78, 5) is 37.0. The van der Waals surface area contributed by atoms with Crippen molar-refractivity contribution in [1.29, 1.82) is 0 Å². The maximum absolute atomic E-state index is 12.6. The summed E-state index contributed by atoms with van der Waals surface area (Å²) < 4.78 is 15.2. The molecule has 34 heavy (non-hydrogen) atoms. The molecule has 0 atom stereocenters. The van der Waals surface area contributed by atoms with Gasteiger partial charge in [-0.25, -0.2) is 14.2 Å². The van der Waals surface area contributed by atoms with Crippen LogP contribution in [-0.2, 0) is 14.3 Å². The second kappa shape index (κ2) is 8.94. The minimum absolute atomic E-state index is 0.100. The van der Waals surface area contributed by atoms with Gasteiger partial charge in [0.05, 0.1) is 6.10 Å². The maximum Gasteiger partial charge on any atom is 0.412 e. The molecule has 1 saturated heterocycles. The Kier molecular flexibility index (Phi) is 5.68. The SMILES string of the molecule is O=C(O)COC1CN(C(=O)c2nonc2NC(=O)OCC2c3ccccc3-c3ccccc32)C1. The van der Waals surface area contributed by atoms with Crippen molar-refractivity contribution in [3.63, 3.8) is 0 Å². The Morgan fingerprint density at radius 1 is 1.03 bits per heavy atom. The molecule has 0 spiro atoms. The molecule has 5 rings (SSSR count). The smallest absolute Gasteiger partial charge is 0.412 e. The van der Waals surface area contributed by atoms with Crippen LogP contribution < -0.4 is 5.32 Å². The van der Waals surface area contributed by atoms with Crippen molar-refractivity contribution >= 4 is 23.8 Å². The van der Waals surface area contributed by atoms with Crippen LogP contribution in [0.5, 0.6) is 0 Å². The number of nitrogens with zero attached hydrogens (tertiary/aromatic N) is 3. The number of carbonyl (C=O) groups excluding carboxylic acids is 2. The maximum atomic E-state index is 12.6. The van der Waals surface area contributed by atoms with Crippen molar-refractivity contribution in [2.75, 3.05) is 31.6 Å². The summed E-state index contributed by atoms with van der Waals surface area (Å²) in [5.74, 6) is -1.87. The van der Waals surface area contributed by atoms with E-state index in [9.17, 15) is 14.4 Å². The summed E-state index contributed by atoms with van der Waals surface area (Å²) in [5, 5.41) is 18.2. The summed E-state index contributed by atoms with van der Waals surface area (Å²) in [6.07, 6.45) is -1.17. The first-order chi connectivity index (χ1) is 16.5. The Labute approximate surface area is 193 Å². The fourth-order valence-electron chi connectivity index (χ4n) is 4.19. The molecule has 3 aromatic rings. The zero-order valence-corrected chi connectivity index (χ0v) is 17.8. The molecule has 1 aromatic heterocycles. The Balaban J connectivity index is 1.19. The van der Waals surface area contributed by atoms with Gasteiger partial charge in [-0.05, 0) is 32.6 Å². The number of nitrogens with one attached hydrogen (secondary N) is 1. The van der Waals surface area contributed by atoms with E-state index < -0.39 is 24.6 Å². The van der Waals surface area contributed by atoms with Gasteiger partial charge in [-0.1, -0.05) is 48.5 Å². The van der Waals surface area contributed by atoms with Crippen molar-refractivity contribution < 1.29 is 33.6 Å². The van der Waals surface area contributed by atoms with E-state index in [-0.39, 0.29) is 43.2 Å². The van der Waals surface area contributed by atoms with Gasteiger partial charge < -0.3 is 19.5 Å². The molecule has 1 fully saturated rings.